The van der Waals surface area contributed by atoms with Crippen molar-refractivity contribution in [3.63, 3.8) is 0 Å². The molecule has 0 radical (unpaired) electrons. The van der Waals surface area contributed by atoms with E-state index in [0.717, 1.165) is 24.1 Å². The van der Waals surface area contributed by atoms with Crippen LogP contribution in [0, 0.1) is 13.8 Å². The van der Waals surface area contributed by atoms with E-state index in [9.17, 15) is 14.4 Å². The van der Waals surface area contributed by atoms with Gasteiger partial charge in [0.25, 0.3) is 5.56 Å². The molecule has 1 aromatic heterocycles. The molecule has 1 aliphatic heterocycles. The van der Waals surface area contributed by atoms with Gasteiger partial charge in [-0.1, -0.05) is 0 Å². The van der Waals surface area contributed by atoms with Crippen molar-refractivity contribution < 1.29 is 9.59 Å². The zero-order valence-electron chi connectivity index (χ0n) is 12.9. The molecular weight excluding hydrogens is 284 g/mol. The number of hydrogen-bond donors (Lipinski definition) is 4. The van der Waals surface area contributed by atoms with Crippen LogP contribution in [0.4, 0.5) is 4.79 Å². The molecule has 7 heteroatoms. The fourth-order valence-electron chi connectivity index (χ4n) is 2.56. The predicted molar refractivity (Wildman–Crippen MR) is 82.6 cm³/mol. The number of carbonyl (C=O) groups is 2. The summed E-state index contributed by atoms with van der Waals surface area (Å²) in [4.78, 5) is 38.3. The Bertz CT molecular complexity index is 624. The quantitative estimate of drug-likeness (QED) is 0.652. The second-order valence-corrected chi connectivity index (χ2v) is 5.61. The molecule has 0 unspecified atom stereocenters. The van der Waals surface area contributed by atoms with E-state index in [1.54, 1.807) is 0 Å². The second-order valence-electron chi connectivity index (χ2n) is 5.61. The minimum atomic E-state index is -0.514. The minimum Gasteiger partial charge on any atom is -0.354 e. The van der Waals surface area contributed by atoms with Crippen molar-refractivity contribution in [1.29, 1.82) is 0 Å². The maximum absolute atomic E-state index is 11.9. The minimum absolute atomic E-state index is 0.127. The number of rotatable bonds is 3. The van der Waals surface area contributed by atoms with Crippen molar-refractivity contribution in [2.45, 2.75) is 45.7 Å². The van der Waals surface area contributed by atoms with Gasteiger partial charge in [0.2, 0.25) is 5.91 Å². The van der Waals surface area contributed by atoms with Crippen molar-refractivity contribution in [2.24, 2.45) is 0 Å². The van der Waals surface area contributed by atoms with Gasteiger partial charge in [0.15, 0.2) is 0 Å². The Hall–Kier alpha value is -2.31. The van der Waals surface area contributed by atoms with Crippen LogP contribution in [-0.2, 0) is 11.3 Å². The second kappa shape index (κ2) is 7.11. The Labute approximate surface area is 128 Å². The number of aromatic amines is 1. The third-order valence-corrected chi connectivity index (χ3v) is 3.76. The highest BCUT2D eigenvalue weighted by molar-refractivity contribution is 5.87. The van der Waals surface area contributed by atoms with E-state index in [0.29, 0.717) is 18.5 Å². The van der Waals surface area contributed by atoms with Crippen molar-refractivity contribution in [2.75, 3.05) is 6.54 Å². The van der Waals surface area contributed by atoms with E-state index >= 15 is 0 Å². The van der Waals surface area contributed by atoms with Crippen LogP contribution in [0.25, 0.3) is 0 Å². The smallest absolute Gasteiger partial charge is 0.315 e. The van der Waals surface area contributed by atoms with Crippen molar-refractivity contribution >= 4 is 11.9 Å². The lowest BCUT2D eigenvalue weighted by atomic mass is 10.1. The zero-order chi connectivity index (χ0) is 16.1. The van der Waals surface area contributed by atoms with Crippen molar-refractivity contribution in [1.82, 2.24) is 20.9 Å². The molecular formula is C15H22N4O3. The molecule has 1 aliphatic rings. The molecule has 7 nitrogen and oxygen atoms in total. The van der Waals surface area contributed by atoms with E-state index in [1.165, 1.54) is 0 Å². The fourth-order valence-corrected chi connectivity index (χ4v) is 2.56. The van der Waals surface area contributed by atoms with Crippen LogP contribution in [0.1, 0.15) is 36.1 Å². The van der Waals surface area contributed by atoms with E-state index in [-0.39, 0.29) is 18.0 Å². The summed E-state index contributed by atoms with van der Waals surface area (Å²) in [6, 6.07) is 0.899. The van der Waals surface area contributed by atoms with Gasteiger partial charge in [0.1, 0.15) is 6.04 Å². The summed E-state index contributed by atoms with van der Waals surface area (Å²) < 4.78 is 0. The topological polar surface area (TPSA) is 103 Å². The van der Waals surface area contributed by atoms with Crippen molar-refractivity contribution in [3.8, 4) is 0 Å². The first-order chi connectivity index (χ1) is 10.5. The zero-order valence-corrected chi connectivity index (χ0v) is 12.9. The van der Waals surface area contributed by atoms with Crippen LogP contribution >= 0.6 is 0 Å². The molecule has 22 heavy (non-hydrogen) atoms. The largest absolute Gasteiger partial charge is 0.354 e. The lowest BCUT2D eigenvalue weighted by Gasteiger charge is -2.16. The Morgan fingerprint density at radius 3 is 2.82 bits per heavy atom. The number of aryl methyl sites for hydroxylation is 2. The highest BCUT2D eigenvalue weighted by Gasteiger charge is 2.22. The number of amides is 3. The van der Waals surface area contributed by atoms with Gasteiger partial charge in [-0.05, 0) is 44.7 Å². The Balaban J connectivity index is 1.93. The van der Waals surface area contributed by atoms with Crippen LogP contribution in [0.15, 0.2) is 10.9 Å². The SMILES string of the molecule is Cc1cc(C)c(CNC(=O)N[C@@H]2CCCCNC2=O)c(=O)[nH]1. The molecule has 120 valence electrons. The van der Waals surface area contributed by atoms with Gasteiger partial charge in [-0.3, -0.25) is 9.59 Å². The monoisotopic (exact) mass is 306 g/mol. The number of nitrogens with one attached hydrogen (secondary N) is 4. The van der Waals surface area contributed by atoms with E-state index in [4.69, 9.17) is 0 Å². The van der Waals surface area contributed by atoms with Gasteiger partial charge in [-0.25, -0.2) is 4.79 Å². The van der Waals surface area contributed by atoms with Gasteiger partial charge in [0, 0.05) is 17.8 Å². The standard InChI is InChI=1S/C15H22N4O3/c1-9-7-10(2)18-13(20)11(9)8-17-15(22)19-12-5-3-4-6-16-14(12)21/h7,12H,3-6,8H2,1-2H3,(H,16,21)(H,18,20)(H2,17,19,22)/t12-/m1/s1. The van der Waals surface area contributed by atoms with Crippen LogP contribution in [0.3, 0.4) is 0 Å². The number of hydrogen-bond acceptors (Lipinski definition) is 3. The molecule has 1 atom stereocenters. The fraction of sp³-hybridized carbons (Fsp3) is 0.533. The van der Waals surface area contributed by atoms with Crippen LogP contribution in [0.5, 0.6) is 0 Å². The highest BCUT2D eigenvalue weighted by Crippen LogP contribution is 2.06. The number of urea groups is 1. The summed E-state index contributed by atoms with van der Waals surface area (Å²) in [7, 11) is 0. The third-order valence-electron chi connectivity index (χ3n) is 3.76. The average Bonchev–Trinajstić information content (AvgIpc) is 2.63. The first kappa shape index (κ1) is 16.1. The normalized spacial score (nSPS) is 18.3. The van der Waals surface area contributed by atoms with Gasteiger partial charge in [0.05, 0.1) is 6.54 Å². The molecule has 0 aromatic carbocycles. The molecule has 0 aliphatic carbocycles. The Morgan fingerprint density at radius 1 is 1.32 bits per heavy atom. The van der Waals surface area contributed by atoms with Crippen LogP contribution < -0.4 is 21.5 Å². The molecule has 2 heterocycles. The first-order valence-electron chi connectivity index (χ1n) is 7.49. The number of carbonyl (C=O) groups excluding carboxylic acids is 2. The summed E-state index contributed by atoms with van der Waals surface area (Å²) in [5.74, 6) is -0.156. The molecule has 0 spiro atoms. The maximum atomic E-state index is 11.9. The molecule has 0 bridgehead atoms. The van der Waals surface area contributed by atoms with Crippen LogP contribution in [0.2, 0.25) is 0 Å². The van der Waals surface area contributed by atoms with Crippen molar-refractivity contribution in [3.05, 3.63) is 33.2 Å². The highest BCUT2D eigenvalue weighted by atomic mass is 16.2. The first-order valence-corrected chi connectivity index (χ1v) is 7.49. The molecule has 3 amide bonds. The third kappa shape index (κ3) is 4.09. The van der Waals surface area contributed by atoms with Gasteiger partial charge in [-0.2, -0.15) is 0 Å². The van der Waals surface area contributed by atoms with E-state index in [1.807, 2.05) is 19.9 Å². The van der Waals surface area contributed by atoms with E-state index in [2.05, 4.69) is 20.9 Å². The summed E-state index contributed by atoms with van der Waals surface area (Å²) in [5.41, 5.74) is 1.93. The summed E-state index contributed by atoms with van der Waals surface area (Å²) >= 11 is 0. The van der Waals surface area contributed by atoms with E-state index < -0.39 is 12.1 Å². The molecule has 2 rings (SSSR count). The van der Waals surface area contributed by atoms with Gasteiger partial charge < -0.3 is 20.9 Å². The lowest BCUT2D eigenvalue weighted by Crippen LogP contribution is -2.49. The number of pyridine rings is 1. The summed E-state index contributed by atoms with van der Waals surface area (Å²) in [5, 5.41) is 8.05. The number of H-pyrrole nitrogens is 1. The summed E-state index contributed by atoms with van der Waals surface area (Å²) in [6.07, 6.45) is 2.44. The molecule has 1 saturated heterocycles. The predicted octanol–water partition coefficient (Wildman–Crippen LogP) is 0.460. The number of aromatic nitrogens is 1. The molecule has 4 N–H and O–H groups in total. The Morgan fingerprint density at radius 2 is 2.09 bits per heavy atom. The average molecular weight is 306 g/mol. The molecule has 1 aromatic rings. The summed E-state index contributed by atoms with van der Waals surface area (Å²) in [6.45, 7) is 4.41. The van der Waals surface area contributed by atoms with Gasteiger partial charge >= 0.3 is 6.03 Å². The molecule has 1 fully saturated rings. The lowest BCUT2D eigenvalue weighted by molar-refractivity contribution is -0.122. The van der Waals surface area contributed by atoms with Crippen LogP contribution in [-0.4, -0.2) is 29.5 Å². The Kier molecular flexibility index (Phi) is 5.19. The van der Waals surface area contributed by atoms with Gasteiger partial charge in [-0.15, -0.1) is 0 Å². The molecule has 0 saturated carbocycles. The maximum Gasteiger partial charge on any atom is 0.315 e.